The van der Waals surface area contributed by atoms with Crippen LogP contribution >= 0.6 is 0 Å². The maximum Gasteiger partial charge on any atom is 0.0985 e. The molecule has 94 valence electrons. The van der Waals surface area contributed by atoms with Gasteiger partial charge in [0.1, 0.15) is 0 Å². The first-order chi connectivity index (χ1) is 7.88. The normalized spacial score (nSPS) is 45.5. The Bertz CT molecular complexity index is 384. The molecule has 5 unspecified atom stereocenters. The van der Waals surface area contributed by atoms with Crippen molar-refractivity contribution in [2.24, 2.45) is 23.2 Å². The Morgan fingerprint density at radius 1 is 1.59 bits per heavy atom. The number of hydrogen-bond donors (Lipinski definition) is 2. The van der Waals surface area contributed by atoms with Gasteiger partial charge in [0.2, 0.25) is 0 Å². The lowest BCUT2D eigenvalue weighted by Gasteiger charge is -2.51. The molecule has 2 aliphatic carbocycles. The fraction of sp³-hybridized carbons (Fsp3) is 0.667. The third-order valence-electron chi connectivity index (χ3n) is 4.98. The van der Waals surface area contributed by atoms with Gasteiger partial charge < -0.3 is 10.5 Å². The maximum absolute atomic E-state index is 10.2. The topological polar surface area (TPSA) is 44.1 Å². The number of aliphatic hydroxyl groups excluding tert-OH is 1. The van der Waals surface area contributed by atoms with E-state index >= 15 is 0 Å². The van der Waals surface area contributed by atoms with Crippen molar-refractivity contribution in [3.05, 3.63) is 24.3 Å². The van der Waals surface area contributed by atoms with Gasteiger partial charge in [-0.1, -0.05) is 38.2 Å². The highest BCUT2D eigenvalue weighted by atomic mass is 16.3. The second kappa shape index (κ2) is 4.09. The summed E-state index contributed by atoms with van der Waals surface area (Å²) in [6.45, 7) is 10.5. The Kier molecular flexibility index (Phi) is 3.03. The molecule has 0 bridgehead atoms. The van der Waals surface area contributed by atoms with Crippen LogP contribution in [0.1, 0.15) is 33.6 Å². The highest BCUT2D eigenvalue weighted by Gasteiger charge is 2.50. The molecule has 0 heterocycles. The van der Waals surface area contributed by atoms with Gasteiger partial charge in [-0.2, -0.15) is 0 Å². The molecule has 0 spiro atoms. The average molecular weight is 233 g/mol. The largest absolute Gasteiger partial charge is 0.387 e. The molecular formula is C15H23NO. The Labute approximate surface area is 104 Å². The molecule has 0 aromatic carbocycles. The molecule has 2 N–H and O–H groups in total. The molecular weight excluding hydrogens is 210 g/mol. The molecule has 1 fully saturated rings. The van der Waals surface area contributed by atoms with Crippen molar-refractivity contribution < 1.29 is 5.11 Å². The van der Waals surface area contributed by atoms with Crippen molar-refractivity contribution in [2.75, 3.05) is 0 Å². The summed E-state index contributed by atoms with van der Waals surface area (Å²) in [7, 11) is 0. The van der Waals surface area contributed by atoms with Gasteiger partial charge in [0, 0.05) is 17.5 Å². The van der Waals surface area contributed by atoms with E-state index in [1.165, 1.54) is 0 Å². The van der Waals surface area contributed by atoms with Crippen molar-refractivity contribution in [2.45, 2.75) is 39.7 Å². The molecule has 1 saturated carbocycles. The van der Waals surface area contributed by atoms with Crippen molar-refractivity contribution in [3.8, 4) is 0 Å². The molecule has 17 heavy (non-hydrogen) atoms. The molecule has 0 radical (unpaired) electrons. The zero-order chi connectivity index (χ0) is 12.8. The van der Waals surface area contributed by atoms with E-state index in [4.69, 9.17) is 5.41 Å². The first kappa shape index (κ1) is 12.6. The van der Waals surface area contributed by atoms with Crippen molar-refractivity contribution in [1.29, 1.82) is 5.41 Å². The van der Waals surface area contributed by atoms with Gasteiger partial charge in [-0.15, -0.1) is 0 Å². The lowest BCUT2D eigenvalue weighted by molar-refractivity contribution is 0.0504. The van der Waals surface area contributed by atoms with Gasteiger partial charge in [-0.05, 0) is 31.1 Å². The summed E-state index contributed by atoms with van der Waals surface area (Å²) in [5.74, 6) is 0.724. The van der Waals surface area contributed by atoms with Gasteiger partial charge >= 0.3 is 0 Å². The molecule has 2 rings (SSSR count). The smallest absolute Gasteiger partial charge is 0.0985 e. The van der Waals surface area contributed by atoms with E-state index in [9.17, 15) is 5.11 Å². The van der Waals surface area contributed by atoms with E-state index in [-0.39, 0.29) is 17.3 Å². The van der Waals surface area contributed by atoms with Gasteiger partial charge in [0.25, 0.3) is 0 Å². The molecule has 2 heteroatoms. The molecule has 0 amide bonds. The van der Waals surface area contributed by atoms with Crippen LogP contribution in [0.5, 0.6) is 0 Å². The predicted molar refractivity (Wildman–Crippen MR) is 71.2 cm³/mol. The maximum atomic E-state index is 10.2. The SMILES string of the molecule is C=C(C)C1CC2(C)C(C)CC=CC2C(=N)C1O. The molecule has 0 saturated heterocycles. The molecule has 2 aliphatic rings. The first-order valence-corrected chi connectivity index (χ1v) is 6.46. The lowest BCUT2D eigenvalue weighted by atomic mass is 9.54. The van der Waals surface area contributed by atoms with Gasteiger partial charge in [0.15, 0.2) is 0 Å². The van der Waals surface area contributed by atoms with E-state index in [1.807, 2.05) is 6.92 Å². The third kappa shape index (κ3) is 1.79. The summed E-state index contributed by atoms with van der Waals surface area (Å²) in [4.78, 5) is 0. The summed E-state index contributed by atoms with van der Waals surface area (Å²) in [5.41, 5.74) is 1.59. The van der Waals surface area contributed by atoms with Crippen LogP contribution in [0.15, 0.2) is 24.3 Å². The number of allylic oxidation sites excluding steroid dienone is 2. The van der Waals surface area contributed by atoms with Crippen LogP contribution in [0.2, 0.25) is 0 Å². The average Bonchev–Trinajstić information content (AvgIpc) is 2.26. The second-order valence-corrected chi connectivity index (χ2v) is 6.11. The Hall–Kier alpha value is -0.890. The minimum atomic E-state index is -0.638. The fourth-order valence-corrected chi connectivity index (χ4v) is 3.43. The van der Waals surface area contributed by atoms with Crippen LogP contribution in [-0.2, 0) is 0 Å². The number of nitrogens with one attached hydrogen (secondary N) is 1. The number of rotatable bonds is 1. The number of fused-ring (bicyclic) bond motifs is 1. The van der Waals surface area contributed by atoms with E-state index in [0.29, 0.717) is 11.6 Å². The first-order valence-electron chi connectivity index (χ1n) is 6.46. The van der Waals surface area contributed by atoms with Crippen LogP contribution in [0.25, 0.3) is 0 Å². The quantitative estimate of drug-likeness (QED) is 0.671. The zero-order valence-electron chi connectivity index (χ0n) is 11.0. The number of hydrogen-bond acceptors (Lipinski definition) is 2. The third-order valence-corrected chi connectivity index (χ3v) is 4.98. The van der Waals surface area contributed by atoms with Crippen LogP contribution in [0.3, 0.4) is 0 Å². The molecule has 0 aliphatic heterocycles. The molecule has 5 atom stereocenters. The summed E-state index contributed by atoms with van der Waals surface area (Å²) in [6, 6.07) is 0. The van der Waals surface area contributed by atoms with Crippen LogP contribution in [-0.4, -0.2) is 16.9 Å². The second-order valence-electron chi connectivity index (χ2n) is 6.11. The van der Waals surface area contributed by atoms with Crippen LogP contribution < -0.4 is 0 Å². The van der Waals surface area contributed by atoms with E-state index in [0.717, 1.165) is 18.4 Å². The fourth-order valence-electron chi connectivity index (χ4n) is 3.43. The van der Waals surface area contributed by atoms with Gasteiger partial charge in [0.05, 0.1) is 6.10 Å². The van der Waals surface area contributed by atoms with Gasteiger partial charge in [-0.3, -0.25) is 0 Å². The van der Waals surface area contributed by atoms with E-state index in [1.54, 1.807) is 0 Å². The molecule has 2 nitrogen and oxygen atoms in total. The number of aliphatic hydroxyl groups is 1. The van der Waals surface area contributed by atoms with Crippen LogP contribution in [0, 0.1) is 28.6 Å². The minimum absolute atomic E-state index is 0.0534. The van der Waals surface area contributed by atoms with Crippen molar-refractivity contribution in [1.82, 2.24) is 0 Å². The molecule has 0 aromatic rings. The highest BCUT2D eigenvalue weighted by molar-refractivity contribution is 5.91. The minimum Gasteiger partial charge on any atom is -0.387 e. The zero-order valence-corrected chi connectivity index (χ0v) is 11.0. The monoisotopic (exact) mass is 233 g/mol. The summed E-state index contributed by atoms with van der Waals surface area (Å²) in [6.07, 6.45) is 5.68. The Morgan fingerprint density at radius 3 is 2.82 bits per heavy atom. The van der Waals surface area contributed by atoms with Crippen molar-refractivity contribution in [3.63, 3.8) is 0 Å². The highest BCUT2D eigenvalue weighted by Crippen LogP contribution is 2.52. The van der Waals surface area contributed by atoms with E-state index in [2.05, 4.69) is 32.6 Å². The van der Waals surface area contributed by atoms with Crippen LogP contribution in [0.4, 0.5) is 0 Å². The standard InChI is InChI=1S/C15H23NO/c1-9(2)11-8-15(4)10(3)6-5-7-12(15)13(16)14(11)17/h5,7,10-12,14,16-17H,1,6,8H2,2-4H3. The van der Waals surface area contributed by atoms with E-state index < -0.39 is 6.10 Å². The van der Waals surface area contributed by atoms with Crippen molar-refractivity contribution >= 4 is 5.71 Å². The summed E-state index contributed by atoms with van der Waals surface area (Å²) >= 11 is 0. The summed E-state index contributed by atoms with van der Waals surface area (Å²) in [5, 5.41) is 18.4. The lowest BCUT2D eigenvalue weighted by Crippen LogP contribution is -2.52. The Balaban J connectivity index is 2.40. The summed E-state index contributed by atoms with van der Waals surface area (Å²) < 4.78 is 0. The Morgan fingerprint density at radius 2 is 2.24 bits per heavy atom. The molecule has 0 aromatic heterocycles. The van der Waals surface area contributed by atoms with Gasteiger partial charge in [-0.25, -0.2) is 0 Å². The predicted octanol–water partition coefficient (Wildman–Crippen LogP) is 3.18.